The Morgan fingerprint density at radius 3 is 2.75 bits per heavy atom. The average Bonchev–Trinajstić information content (AvgIpc) is 2.80. The third kappa shape index (κ3) is 3.31. The Hall–Kier alpha value is -0.690. The normalized spacial score (nSPS) is 12.7. The van der Waals surface area contributed by atoms with Crippen molar-refractivity contribution in [2.45, 2.75) is 19.6 Å². The molecule has 0 spiro atoms. The Kier molecular flexibility index (Phi) is 5.37. The molecule has 1 aromatic heterocycles. The first kappa shape index (κ1) is 15.7. The number of rotatable bonds is 5. The van der Waals surface area contributed by atoms with Crippen molar-refractivity contribution < 1.29 is 9.84 Å². The van der Waals surface area contributed by atoms with E-state index >= 15 is 0 Å². The number of aromatic nitrogens is 2. The standard InChI is InChI=1S/C14H16Br2N2O2/c1-9-7-10(3-4-11(9)15)14(19)13-12(16)8-17-18(13)5-6-20-2/h3-4,7-8,14,19H,5-6H2,1-2H3. The molecular formula is C14H16Br2N2O2. The molecule has 0 amide bonds. The summed E-state index contributed by atoms with van der Waals surface area (Å²) in [6.07, 6.45) is 0.968. The summed E-state index contributed by atoms with van der Waals surface area (Å²) >= 11 is 6.91. The van der Waals surface area contributed by atoms with Crippen LogP contribution in [0.1, 0.15) is 22.9 Å². The molecule has 108 valence electrons. The van der Waals surface area contributed by atoms with Crippen molar-refractivity contribution in [2.75, 3.05) is 13.7 Å². The van der Waals surface area contributed by atoms with E-state index in [1.54, 1.807) is 18.0 Å². The van der Waals surface area contributed by atoms with Crippen molar-refractivity contribution in [3.8, 4) is 0 Å². The van der Waals surface area contributed by atoms with Gasteiger partial charge in [0.05, 0.1) is 29.5 Å². The van der Waals surface area contributed by atoms with Gasteiger partial charge in [0.25, 0.3) is 0 Å². The van der Waals surface area contributed by atoms with Crippen LogP contribution in [-0.4, -0.2) is 28.6 Å². The molecule has 1 atom stereocenters. The van der Waals surface area contributed by atoms with Gasteiger partial charge in [-0.1, -0.05) is 28.1 Å². The number of hydrogen-bond donors (Lipinski definition) is 1. The predicted molar refractivity (Wildman–Crippen MR) is 84.7 cm³/mol. The van der Waals surface area contributed by atoms with Crippen LogP contribution in [-0.2, 0) is 11.3 Å². The summed E-state index contributed by atoms with van der Waals surface area (Å²) in [5.74, 6) is 0. The molecule has 2 rings (SSSR count). The summed E-state index contributed by atoms with van der Waals surface area (Å²) in [5.41, 5.74) is 2.66. The van der Waals surface area contributed by atoms with Crippen LogP contribution in [0.3, 0.4) is 0 Å². The average molecular weight is 404 g/mol. The lowest BCUT2D eigenvalue weighted by Gasteiger charge is -2.15. The smallest absolute Gasteiger partial charge is 0.122 e. The number of aliphatic hydroxyl groups excluding tert-OH is 1. The molecule has 1 heterocycles. The Morgan fingerprint density at radius 2 is 2.10 bits per heavy atom. The second-order valence-corrected chi connectivity index (χ2v) is 6.21. The number of aliphatic hydroxyl groups is 1. The van der Waals surface area contributed by atoms with Crippen molar-refractivity contribution in [3.63, 3.8) is 0 Å². The number of benzene rings is 1. The van der Waals surface area contributed by atoms with Crippen LogP contribution in [0.25, 0.3) is 0 Å². The van der Waals surface area contributed by atoms with Gasteiger partial charge in [0, 0.05) is 11.6 Å². The lowest BCUT2D eigenvalue weighted by molar-refractivity contribution is 0.171. The molecule has 0 aliphatic heterocycles. The molecule has 0 aliphatic carbocycles. The highest BCUT2D eigenvalue weighted by molar-refractivity contribution is 9.10. The van der Waals surface area contributed by atoms with Gasteiger partial charge in [-0.3, -0.25) is 4.68 Å². The summed E-state index contributed by atoms with van der Waals surface area (Å²) in [7, 11) is 1.65. The van der Waals surface area contributed by atoms with Gasteiger partial charge in [0.1, 0.15) is 6.10 Å². The van der Waals surface area contributed by atoms with Crippen molar-refractivity contribution >= 4 is 31.9 Å². The summed E-state index contributed by atoms with van der Waals surface area (Å²) < 4.78 is 8.65. The summed E-state index contributed by atoms with van der Waals surface area (Å²) in [6.45, 7) is 3.15. The highest BCUT2D eigenvalue weighted by Gasteiger charge is 2.20. The number of methoxy groups -OCH3 is 1. The summed E-state index contributed by atoms with van der Waals surface area (Å²) in [5, 5.41) is 14.9. The Bertz CT molecular complexity index is 599. The Morgan fingerprint density at radius 1 is 1.35 bits per heavy atom. The summed E-state index contributed by atoms with van der Waals surface area (Å²) in [6, 6.07) is 5.81. The van der Waals surface area contributed by atoms with E-state index in [4.69, 9.17) is 4.74 Å². The van der Waals surface area contributed by atoms with Gasteiger partial charge in [0.15, 0.2) is 0 Å². The maximum atomic E-state index is 10.6. The number of aryl methyl sites for hydroxylation is 1. The quantitative estimate of drug-likeness (QED) is 0.831. The molecule has 0 aliphatic rings. The van der Waals surface area contributed by atoms with Gasteiger partial charge in [-0.15, -0.1) is 0 Å². The second-order valence-electron chi connectivity index (χ2n) is 4.50. The molecule has 1 aromatic carbocycles. The third-order valence-corrected chi connectivity index (χ3v) is 4.60. The van der Waals surface area contributed by atoms with Crippen LogP contribution in [0.4, 0.5) is 0 Å². The highest BCUT2D eigenvalue weighted by atomic mass is 79.9. The van der Waals surface area contributed by atoms with Crippen LogP contribution in [0, 0.1) is 6.92 Å². The zero-order valence-electron chi connectivity index (χ0n) is 11.3. The molecule has 1 N–H and O–H groups in total. The molecule has 4 nitrogen and oxygen atoms in total. The molecule has 0 fully saturated rings. The van der Waals surface area contributed by atoms with Crippen LogP contribution in [0.15, 0.2) is 33.3 Å². The number of halogens is 2. The first-order valence-electron chi connectivity index (χ1n) is 6.19. The second kappa shape index (κ2) is 6.85. The van der Waals surface area contributed by atoms with E-state index < -0.39 is 6.10 Å². The SMILES string of the molecule is COCCn1ncc(Br)c1C(O)c1ccc(Br)c(C)c1. The molecular weight excluding hydrogens is 388 g/mol. The molecule has 0 saturated heterocycles. The van der Waals surface area contributed by atoms with Crippen molar-refractivity contribution in [1.29, 1.82) is 0 Å². The first-order valence-corrected chi connectivity index (χ1v) is 7.77. The highest BCUT2D eigenvalue weighted by Crippen LogP contribution is 2.30. The Balaban J connectivity index is 2.34. The summed E-state index contributed by atoms with van der Waals surface area (Å²) in [4.78, 5) is 0. The maximum absolute atomic E-state index is 10.6. The molecule has 2 aromatic rings. The van der Waals surface area contributed by atoms with E-state index in [2.05, 4.69) is 37.0 Å². The molecule has 0 bridgehead atoms. The molecule has 0 radical (unpaired) electrons. The van der Waals surface area contributed by atoms with Crippen molar-refractivity contribution in [1.82, 2.24) is 9.78 Å². The topological polar surface area (TPSA) is 47.3 Å². The van der Waals surface area contributed by atoms with E-state index in [0.717, 1.165) is 25.8 Å². The van der Waals surface area contributed by atoms with E-state index in [9.17, 15) is 5.11 Å². The monoisotopic (exact) mass is 402 g/mol. The van der Waals surface area contributed by atoms with Gasteiger partial charge < -0.3 is 9.84 Å². The van der Waals surface area contributed by atoms with Crippen LogP contribution >= 0.6 is 31.9 Å². The molecule has 0 saturated carbocycles. The van der Waals surface area contributed by atoms with Crippen LogP contribution in [0.5, 0.6) is 0 Å². The number of ether oxygens (including phenoxy) is 1. The van der Waals surface area contributed by atoms with E-state index in [0.29, 0.717) is 13.2 Å². The van der Waals surface area contributed by atoms with Crippen molar-refractivity contribution in [2.24, 2.45) is 0 Å². The van der Waals surface area contributed by atoms with Gasteiger partial charge in [-0.05, 0) is 40.0 Å². The lowest BCUT2D eigenvalue weighted by atomic mass is 10.0. The lowest BCUT2D eigenvalue weighted by Crippen LogP contribution is -2.13. The minimum atomic E-state index is -0.726. The van der Waals surface area contributed by atoms with Gasteiger partial charge in [-0.2, -0.15) is 5.10 Å². The van der Waals surface area contributed by atoms with Gasteiger partial charge in [-0.25, -0.2) is 0 Å². The molecule has 6 heteroatoms. The third-order valence-electron chi connectivity index (χ3n) is 3.10. The van der Waals surface area contributed by atoms with Gasteiger partial charge >= 0.3 is 0 Å². The largest absolute Gasteiger partial charge is 0.383 e. The fourth-order valence-electron chi connectivity index (χ4n) is 2.00. The van der Waals surface area contributed by atoms with Crippen LogP contribution < -0.4 is 0 Å². The number of hydrogen-bond acceptors (Lipinski definition) is 3. The fourth-order valence-corrected chi connectivity index (χ4v) is 2.76. The zero-order valence-corrected chi connectivity index (χ0v) is 14.5. The number of nitrogens with zero attached hydrogens (tertiary/aromatic N) is 2. The van der Waals surface area contributed by atoms with E-state index in [1.165, 1.54) is 0 Å². The maximum Gasteiger partial charge on any atom is 0.122 e. The van der Waals surface area contributed by atoms with Gasteiger partial charge in [0.2, 0.25) is 0 Å². The van der Waals surface area contributed by atoms with E-state index in [-0.39, 0.29) is 0 Å². The fraction of sp³-hybridized carbons (Fsp3) is 0.357. The predicted octanol–water partition coefficient (Wildman–Crippen LogP) is 3.44. The minimum Gasteiger partial charge on any atom is -0.383 e. The molecule has 1 unspecified atom stereocenters. The first-order chi connectivity index (χ1) is 9.54. The zero-order chi connectivity index (χ0) is 14.7. The Labute approximate surface area is 135 Å². The molecule has 20 heavy (non-hydrogen) atoms. The van der Waals surface area contributed by atoms with E-state index in [1.807, 2.05) is 25.1 Å². The van der Waals surface area contributed by atoms with Crippen molar-refractivity contribution in [3.05, 3.63) is 50.2 Å². The minimum absolute atomic E-state index is 0.549. The van der Waals surface area contributed by atoms with Crippen LogP contribution in [0.2, 0.25) is 0 Å².